The molecule has 0 aliphatic carbocycles. The van der Waals surface area contributed by atoms with Crippen molar-refractivity contribution in [2.75, 3.05) is 26.2 Å². The normalized spacial score (nSPS) is 16.6. The lowest BCUT2D eigenvalue weighted by atomic mass is 10.1. The zero-order valence-corrected chi connectivity index (χ0v) is 15.2. The van der Waals surface area contributed by atoms with Gasteiger partial charge in [0.1, 0.15) is 0 Å². The molecule has 1 aromatic heterocycles. The number of benzene rings is 1. The van der Waals surface area contributed by atoms with E-state index >= 15 is 0 Å². The van der Waals surface area contributed by atoms with Gasteiger partial charge in [-0.2, -0.15) is 0 Å². The summed E-state index contributed by atoms with van der Waals surface area (Å²) in [5, 5.41) is 11.5. The van der Waals surface area contributed by atoms with Crippen molar-refractivity contribution < 1.29 is 4.79 Å². The van der Waals surface area contributed by atoms with Crippen molar-refractivity contribution in [3.05, 3.63) is 41.2 Å². The number of amides is 1. The Hall–Kier alpha value is -1.92. The van der Waals surface area contributed by atoms with Crippen molar-refractivity contribution in [1.29, 1.82) is 0 Å². The third-order valence-corrected chi connectivity index (χ3v) is 4.77. The van der Waals surface area contributed by atoms with Gasteiger partial charge < -0.3 is 10.2 Å². The zero-order chi connectivity index (χ0) is 17.6. The van der Waals surface area contributed by atoms with Crippen molar-refractivity contribution in [3.8, 4) is 5.69 Å². The van der Waals surface area contributed by atoms with Crippen LogP contribution in [0.4, 0.5) is 0 Å². The molecule has 1 N–H and O–H groups in total. The van der Waals surface area contributed by atoms with Crippen LogP contribution in [0.3, 0.4) is 0 Å². The summed E-state index contributed by atoms with van der Waals surface area (Å²) < 4.78 is 1.52. The highest BCUT2D eigenvalue weighted by atomic mass is 35.5. The second-order valence-corrected chi connectivity index (χ2v) is 7.08. The SMILES string of the molecule is CC(CNC(=O)c1cn(-c2ccccc2Cl)nn1)CN1CCCCC1. The van der Waals surface area contributed by atoms with E-state index in [-0.39, 0.29) is 5.91 Å². The average molecular weight is 362 g/mol. The first-order valence-electron chi connectivity index (χ1n) is 8.81. The van der Waals surface area contributed by atoms with Crippen molar-refractivity contribution in [2.45, 2.75) is 26.2 Å². The molecule has 2 heterocycles. The van der Waals surface area contributed by atoms with Gasteiger partial charge in [-0.3, -0.25) is 4.79 Å². The first-order chi connectivity index (χ1) is 12.1. The minimum absolute atomic E-state index is 0.205. The van der Waals surface area contributed by atoms with Crippen LogP contribution in [0.5, 0.6) is 0 Å². The highest BCUT2D eigenvalue weighted by Gasteiger charge is 2.16. The standard InChI is InChI=1S/C18H24ClN5O/c1-14(12-23-9-5-2-6-10-23)11-20-18(25)16-13-24(22-21-16)17-8-4-3-7-15(17)19/h3-4,7-8,13-14H,2,5-6,9-12H2,1H3,(H,20,25). The number of rotatable bonds is 6. The highest BCUT2D eigenvalue weighted by Crippen LogP contribution is 2.18. The summed E-state index contributed by atoms with van der Waals surface area (Å²) in [6.07, 6.45) is 5.50. The molecule has 1 aromatic carbocycles. The van der Waals surface area contributed by atoms with Gasteiger partial charge in [0.2, 0.25) is 0 Å². The Labute approximate surface area is 153 Å². The quantitative estimate of drug-likeness (QED) is 0.859. The van der Waals surface area contributed by atoms with Gasteiger partial charge in [0.05, 0.1) is 16.9 Å². The van der Waals surface area contributed by atoms with E-state index in [2.05, 4.69) is 27.5 Å². The van der Waals surface area contributed by atoms with Gasteiger partial charge in [-0.25, -0.2) is 4.68 Å². The molecular weight excluding hydrogens is 338 g/mol. The lowest BCUT2D eigenvalue weighted by Gasteiger charge is -2.29. The van der Waals surface area contributed by atoms with Gasteiger partial charge in [-0.15, -0.1) is 5.10 Å². The summed E-state index contributed by atoms with van der Waals surface area (Å²) in [7, 11) is 0. The number of hydrogen-bond donors (Lipinski definition) is 1. The molecule has 0 bridgehead atoms. The maximum absolute atomic E-state index is 12.3. The fraction of sp³-hybridized carbons (Fsp3) is 0.500. The summed E-state index contributed by atoms with van der Waals surface area (Å²) >= 11 is 6.15. The maximum Gasteiger partial charge on any atom is 0.273 e. The number of nitrogens with zero attached hydrogens (tertiary/aromatic N) is 4. The van der Waals surface area contributed by atoms with Gasteiger partial charge in [0.25, 0.3) is 5.91 Å². The first-order valence-corrected chi connectivity index (χ1v) is 9.19. The van der Waals surface area contributed by atoms with Crippen LogP contribution in [0.2, 0.25) is 5.02 Å². The van der Waals surface area contributed by atoms with Crippen LogP contribution < -0.4 is 5.32 Å². The molecule has 25 heavy (non-hydrogen) atoms. The number of carbonyl (C=O) groups excluding carboxylic acids is 1. The van der Waals surface area contributed by atoms with Crippen molar-refractivity contribution >= 4 is 17.5 Å². The molecule has 2 aromatic rings. The monoisotopic (exact) mass is 361 g/mol. The van der Waals surface area contributed by atoms with Crippen LogP contribution in [0, 0.1) is 5.92 Å². The van der Waals surface area contributed by atoms with E-state index in [1.54, 1.807) is 12.3 Å². The van der Waals surface area contributed by atoms with Gasteiger partial charge in [-0.05, 0) is 44.0 Å². The molecule has 1 unspecified atom stereocenters. The van der Waals surface area contributed by atoms with E-state index in [1.807, 2.05) is 18.2 Å². The Balaban J connectivity index is 1.52. The Bertz CT molecular complexity index is 711. The van der Waals surface area contributed by atoms with Crippen LogP contribution in [0.25, 0.3) is 5.69 Å². The van der Waals surface area contributed by atoms with E-state index in [4.69, 9.17) is 11.6 Å². The third kappa shape index (κ3) is 4.80. The van der Waals surface area contributed by atoms with Crippen LogP contribution >= 0.6 is 11.6 Å². The number of carbonyl (C=O) groups is 1. The number of halogens is 1. The summed E-state index contributed by atoms with van der Waals surface area (Å²) in [6, 6.07) is 7.32. The number of nitrogens with one attached hydrogen (secondary N) is 1. The molecule has 0 radical (unpaired) electrons. The van der Waals surface area contributed by atoms with E-state index in [1.165, 1.54) is 37.0 Å². The van der Waals surface area contributed by atoms with Gasteiger partial charge in [-0.1, -0.05) is 42.3 Å². The van der Waals surface area contributed by atoms with E-state index in [0.29, 0.717) is 28.9 Å². The number of piperidine rings is 1. The van der Waals surface area contributed by atoms with Crippen LogP contribution in [-0.2, 0) is 0 Å². The largest absolute Gasteiger partial charge is 0.350 e. The van der Waals surface area contributed by atoms with Crippen molar-refractivity contribution in [3.63, 3.8) is 0 Å². The van der Waals surface area contributed by atoms with Crippen LogP contribution in [0.1, 0.15) is 36.7 Å². The van der Waals surface area contributed by atoms with Gasteiger partial charge >= 0.3 is 0 Å². The van der Waals surface area contributed by atoms with Crippen LogP contribution in [-0.4, -0.2) is 52.0 Å². The lowest BCUT2D eigenvalue weighted by Crippen LogP contribution is -2.38. The van der Waals surface area contributed by atoms with Crippen LogP contribution in [0.15, 0.2) is 30.5 Å². The highest BCUT2D eigenvalue weighted by molar-refractivity contribution is 6.32. The third-order valence-electron chi connectivity index (χ3n) is 4.45. The summed E-state index contributed by atoms with van der Waals surface area (Å²) in [5.41, 5.74) is 0.999. The second kappa shape index (κ2) is 8.45. The Morgan fingerprint density at radius 2 is 2.04 bits per heavy atom. The number of para-hydroxylation sites is 1. The summed E-state index contributed by atoms with van der Waals surface area (Å²) in [6.45, 7) is 6.16. The molecule has 0 spiro atoms. The Kier molecular flexibility index (Phi) is 6.04. The lowest BCUT2D eigenvalue weighted by molar-refractivity contribution is 0.0937. The summed E-state index contributed by atoms with van der Waals surface area (Å²) in [5.74, 6) is 0.199. The second-order valence-electron chi connectivity index (χ2n) is 6.68. The predicted molar refractivity (Wildman–Crippen MR) is 98.2 cm³/mol. The molecular formula is C18H24ClN5O. The van der Waals surface area contributed by atoms with Gasteiger partial charge in [0.15, 0.2) is 5.69 Å². The zero-order valence-electron chi connectivity index (χ0n) is 14.5. The molecule has 7 heteroatoms. The minimum atomic E-state index is -0.205. The van der Waals surface area contributed by atoms with E-state index in [0.717, 1.165) is 6.54 Å². The van der Waals surface area contributed by atoms with Gasteiger partial charge in [0, 0.05) is 13.1 Å². The Morgan fingerprint density at radius 3 is 2.80 bits per heavy atom. The molecule has 1 atom stereocenters. The van der Waals surface area contributed by atoms with E-state index in [9.17, 15) is 4.79 Å². The first kappa shape index (κ1) is 17.9. The van der Waals surface area contributed by atoms with E-state index < -0.39 is 0 Å². The number of aromatic nitrogens is 3. The molecule has 1 saturated heterocycles. The molecule has 1 aliphatic rings. The maximum atomic E-state index is 12.3. The summed E-state index contributed by atoms with van der Waals surface area (Å²) in [4.78, 5) is 14.8. The average Bonchev–Trinajstić information content (AvgIpc) is 3.11. The molecule has 1 fully saturated rings. The molecule has 6 nitrogen and oxygen atoms in total. The Morgan fingerprint density at radius 1 is 1.28 bits per heavy atom. The topological polar surface area (TPSA) is 63.1 Å². The minimum Gasteiger partial charge on any atom is -0.350 e. The molecule has 1 aliphatic heterocycles. The number of likely N-dealkylation sites (tertiary alicyclic amines) is 1. The van der Waals surface area contributed by atoms with Crippen molar-refractivity contribution in [1.82, 2.24) is 25.2 Å². The fourth-order valence-electron chi connectivity index (χ4n) is 3.13. The fourth-order valence-corrected chi connectivity index (χ4v) is 3.35. The predicted octanol–water partition coefficient (Wildman–Crippen LogP) is 2.77. The number of hydrogen-bond acceptors (Lipinski definition) is 4. The molecule has 134 valence electrons. The smallest absolute Gasteiger partial charge is 0.273 e. The molecule has 1 amide bonds. The molecule has 3 rings (SSSR count). The molecule has 0 saturated carbocycles. The van der Waals surface area contributed by atoms with Crippen molar-refractivity contribution in [2.24, 2.45) is 5.92 Å².